The summed E-state index contributed by atoms with van der Waals surface area (Å²) < 4.78 is 1.04. The summed E-state index contributed by atoms with van der Waals surface area (Å²) in [5, 5.41) is 9.06. The molecular weight excluding hydrogens is 198 g/mol. The molecule has 0 aliphatic rings. The Kier molecular flexibility index (Phi) is 2.09. The molecule has 6 nitrogen and oxygen atoms in total. The normalized spacial score (nSPS) is 10.1. The molecule has 1 N–H and O–H groups in total. The number of rotatable bonds is 1. The van der Waals surface area contributed by atoms with Crippen LogP contribution >= 0.6 is 0 Å². The Morgan fingerprint density at radius 2 is 1.80 bits per heavy atom. The summed E-state index contributed by atoms with van der Waals surface area (Å²) in [5.74, 6) is 0. The molecule has 0 spiro atoms. The molecule has 2 aromatic rings. The maximum atomic E-state index is 11.4. The molecule has 0 atom stereocenters. The summed E-state index contributed by atoms with van der Waals surface area (Å²) in [7, 11) is 0. The van der Waals surface area contributed by atoms with E-state index in [2.05, 4.69) is 4.98 Å². The van der Waals surface area contributed by atoms with Crippen molar-refractivity contribution >= 4 is 0 Å². The van der Waals surface area contributed by atoms with Gasteiger partial charge >= 0.3 is 11.4 Å². The summed E-state index contributed by atoms with van der Waals surface area (Å²) in [5.41, 5.74) is -1.31. The number of hydrogen-bond donors (Lipinski definition) is 1. The van der Waals surface area contributed by atoms with E-state index in [0.717, 1.165) is 10.9 Å². The first kappa shape index (κ1) is 9.20. The van der Waals surface area contributed by atoms with Crippen molar-refractivity contribution in [3.05, 3.63) is 57.6 Å². The second-order valence-electron chi connectivity index (χ2n) is 2.83. The van der Waals surface area contributed by atoms with Crippen molar-refractivity contribution in [1.29, 1.82) is 0 Å². The molecule has 1 aromatic carbocycles. The van der Waals surface area contributed by atoms with Gasteiger partial charge < -0.3 is 5.21 Å². The molecule has 1 heterocycles. The first-order chi connectivity index (χ1) is 7.20. The molecule has 6 heteroatoms. The molecule has 0 saturated heterocycles. The van der Waals surface area contributed by atoms with Crippen LogP contribution in [0.25, 0.3) is 5.69 Å². The largest absolute Gasteiger partial charge is 0.420 e. The van der Waals surface area contributed by atoms with Gasteiger partial charge in [0.2, 0.25) is 0 Å². The van der Waals surface area contributed by atoms with Gasteiger partial charge in [-0.2, -0.15) is 4.98 Å². The van der Waals surface area contributed by atoms with Crippen molar-refractivity contribution in [2.75, 3.05) is 0 Å². The van der Waals surface area contributed by atoms with E-state index in [4.69, 9.17) is 5.21 Å². The predicted octanol–water partition coefficient (Wildman–Crippen LogP) is -0.368. The maximum absolute atomic E-state index is 11.4. The van der Waals surface area contributed by atoms with Crippen LogP contribution in [0.4, 0.5) is 0 Å². The van der Waals surface area contributed by atoms with Crippen LogP contribution in [0.15, 0.2) is 46.2 Å². The lowest BCUT2D eigenvalue weighted by atomic mass is 10.3. The van der Waals surface area contributed by atoms with Gasteiger partial charge in [-0.25, -0.2) is 14.2 Å². The topological polar surface area (TPSA) is 77.1 Å². The van der Waals surface area contributed by atoms with Crippen molar-refractivity contribution in [1.82, 2.24) is 14.3 Å². The fraction of sp³-hybridized carbons (Fsp3) is 0. The van der Waals surface area contributed by atoms with Gasteiger partial charge in [0, 0.05) is 0 Å². The van der Waals surface area contributed by atoms with E-state index < -0.39 is 11.4 Å². The molecule has 76 valence electrons. The van der Waals surface area contributed by atoms with Crippen LogP contribution < -0.4 is 11.4 Å². The molecule has 0 bridgehead atoms. The first-order valence-electron chi connectivity index (χ1n) is 4.15. The third kappa shape index (κ3) is 1.52. The van der Waals surface area contributed by atoms with Crippen LogP contribution in [0, 0.1) is 0 Å². The molecule has 0 aliphatic heterocycles. The Morgan fingerprint density at radius 3 is 2.47 bits per heavy atom. The van der Waals surface area contributed by atoms with Crippen LogP contribution in [-0.4, -0.2) is 19.5 Å². The van der Waals surface area contributed by atoms with Crippen molar-refractivity contribution in [2.45, 2.75) is 0 Å². The molecular formula is C9H7N3O3. The Balaban J connectivity index is 2.71. The fourth-order valence-electron chi connectivity index (χ4n) is 1.16. The van der Waals surface area contributed by atoms with Crippen molar-refractivity contribution in [2.24, 2.45) is 0 Å². The highest BCUT2D eigenvalue weighted by atomic mass is 16.5. The lowest BCUT2D eigenvalue weighted by Gasteiger charge is -2.03. The third-order valence-electron chi connectivity index (χ3n) is 1.89. The van der Waals surface area contributed by atoms with Gasteiger partial charge in [0.15, 0.2) is 0 Å². The highest BCUT2D eigenvalue weighted by Gasteiger charge is 2.04. The number of hydrogen-bond acceptors (Lipinski definition) is 4. The minimum Gasteiger partial charge on any atom is -0.420 e. The first-order valence-corrected chi connectivity index (χ1v) is 4.15. The Hall–Kier alpha value is -2.37. The van der Waals surface area contributed by atoms with Crippen molar-refractivity contribution in [3.8, 4) is 5.69 Å². The van der Waals surface area contributed by atoms with Crippen LogP contribution in [0.1, 0.15) is 0 Å². The SMILES string of the molecule is O=c1ncn(-c2ccccc2)c(=O)n1O. The second-order valence-corrected chi connectivity index (χ2v) is 2.83. The van der Waals surface area contributed by atoms with E-state index in [1.54, 1.807) is 30.3 Å². The van der Waals surface area contributed by atoms with Crippen LogP contribution in [-0.2, 0) is 0 Å². The highest BCUT2D eigenvalue weighted by Crippen LogP contribution is 2.00. The molecule has 0 fully saturated rings. The minimum atomic E-state index is -0.993. The molecule has 0 unspecified atom stereocenters. The van der Waals surface area contributed by atoms with Crippen LogP contribution in [0.3, 0.4) is 0 Å². The summed E-state index contributed by atoms with van der Waals surface area (Å²) in [6.07, 6.45) is 1.08. The van der Waals surface area contributed by atoms with E-state index >= 15 is 0 Å². The van der Waals surface area contributed by atoms with Gasteiger partial charge in [-0.05, 0) is 12.1 Å². The maximum Gasteiger partial charge on any atom is 0.386 e. The number of para-hydroxylation sites is 1. The fourth-order valence-corrected chi connectivity index (χ4v) is 1.16. The zero-order valence-electron chi connectivity index (χ0n) is 7.57. The zero-order valence-corrected chi connectivity index (χ0v) is 7.57. The van der Waals surface area contributed by atoms with E-state index in [1.165, 1.54) is 0 Å². The Morgan fingerprint density at radius 1 is 1.13 bits per heavy atom. The van der Waals surface area contributed by atoms with E-state index in [-0.39, 0.29) is 4.73 Å². The van der Waals surface area contributed by atoms with Gasteiger partial charge in [-0.1, -0.05) is 22.9 Å². The van der Waals surface area contributed by atoms with E-state index in [1.807, 2.05) is 0 Å². The Labute approximate surface area is 83.6 Å². The molecule has 15 heavy (non-hydrogen) atoms. The van der Waals surface area contributed by atoms with Gasteiger partial charge in [-0.3, -0.25) is 0 Å². The molecule has 0 amide bonds. The third-order valence-corrected chi connectivity index (χ3v) is 1.89. The summed E-state index contributed by atoms with van der Waals surface area (Å²) in [6, 6.07) is 8.57. The quantitative estimate of drug-likeness (QED) is 0.644. The lowest BCUT2D eigenvalue weighted by molar-refractivity contribution is 0.152. The van der Waals surface area contributed by atoms with Gasteiger partial charge in [0.1, 0.15) is 6.33 Å². The average Bonchev–Trinajstić information content (AvgIpc) is 2.27. The number of benzene rings is 1. The van der Waals surface area contributed by atoms with Crippen molar-refractivity contribution < 1.29 is 5.21 Å². The summed E-state index contributed by atoms with van der Waals surface area (Å²) in [4.78, 5) is 25.6. The van der Waals surface area contributed by atoms with Crippen molar-refractivity contribution in [3.63, 3.8) is 0 Å². The monoisotopic (exact) mass is 205 g/mol. The molecule has 1 aromatic heterocycles. The molecule has 0 saturated carbocycles. The van der Waals surface area contributed by atoms with Gasteiger partial charge in [0.25, 0.3) is 0 Å². The van der Waals surface area contributed by atoms with Gasteiger partial charge in [0.05, 0.1) is 5.69 Å². The van der Waals surface area contributed by atoms with Gasteiger partial charge in [-0.15, -0.1) is 0 Å². The van der Waals surface area contributed by atoms with E-state index in [0.29, 0.717) is 5.69 Å². The molecule has 2 rings (SSSR count). The summed E-state index contributed by atoms with van der Waals surface area (Å²) in [6.45, 7) is 0. The van der Waals surface area contributed by atoms with E-state index in [9.17, 15) is 9.59 Å². The average molecular weight is 205 g/mol. The standard InChI is InChI=1S/C9H7N3O3/c13-8-10-6-11(9(14)12(8)15)7-4-2-1-3-5-7/h1-6,15H. The highest BCUT2D eigenvalue weighted by molar-refractivity contribution is 5.30. The summed E-state index contributed by atoms with van der Waals surface area (Å²) >= 11 is 0. The molecule has 0 aliphatic carbocycles. The van der Waals surface area contributed by atoms with Crippen LogP contribution in [0.2, 0.25) is 0 Å². The predicted molar refractivity (Wildman–Crippen MR) is 51.3 cm³/mol. The number of aromatic nitrogens is 3. The smallest absolute Gasteiger partial charge is 0.386 e. The lowest BCUT2D eigenvalue weighted by Crippen LogP contribution is -2.39. The van der Waals surface area contributed by atoms with Crippen LogP contribution in [0.5, 0.6) is 0 Å². The second kappa shape index (κ2) is 3.41. The molecule has 0 radical (unpaired) electrons. The minimum absolute atomic E-state index is 0.0347. The number of nitrogens with zero attached hydrogens (tertiary/aromatic N) is 3. The Bertz CT molecular complexity index is 586. The zero-order chi connectivity index (χ0) is 10.8.